The van der Waals surface area contributed by atoms with Crippen LogP contribution in [-0.2, 0) is 11.3 Å². The van der Waals surface area contributed by atoms with Crippen molar-refractivity contribution < 1.29 is 9.18 Å². The Hall–Kier alpha value is -1.93. The fourth-order valence-electron chi connectivity index (χ4n) is 2.43. The second-order valence-electron chi connectivity index (χ2n) is 5.15. The molecule has 2 rings (SSSR count). The van der Waals surface area contributed by atoms with Gasteiger partial charge in [0.1, 0.15) is 11.9 Å². The average molecular weight is 275 g/mol. The lowest BCUT2D eigenvalue weighted by Crippen LogP contribution is -2.37. The molecule has 0 N–H and O–H groups in total. The number of likely N-dealkylation sites (N-methyl/N-ethyl adjacent to an activating group) is 1. The number of halogens is 1. The molecule has 1 amide bonds. The third-order valence-corrected chi connectivity index (χ3v) is 3.50. The first kappa shape index (κ1) is 14.5. The molecule has 4 nitrogen and oxygen atoms in total. The van der Waals surface area contributed by atoms with Gasteiger partial charge in [-0.05, 0) is 26.0 Å². The Morgan fingerprint density at radius 3 is 2.80 bits per heavy atom. The van der Waals surface area contributed by atoms with Gasteiger partial charge in [-0.1, -0.05) is 12.1 Å². The van der Waals surface area contributed by atoms with Crippen LogP contribution in [0, 0.1) is 17.1 Å². The zero-order valence-corrected chi connectivity index (χ0v) is 11.6. The molecule has 1 aliphatic heterocycles. The SMILES string of the molecule is CN(CC(=O)N1CCCC1)Cc1cccc(C#N)c1F. The van der Waals surface area contributed by atoms with Crippen molar-refractivity contribution in [2.45, 2.75) is 19.4 Å². The summed E-state index contributed by atoms with van der Waals surface area (Å²) in [5, 5.41) is 8.80. The number of nitrogens with zero attached hydrogens (tertiary/aromatic N) is 3. The van der Waals surface area contributed by atoms with Crippen molar-refractivity contribution in [2.24, 2.45) is 0 Å². The third kappa shape index (κ3) is 3.34. The van der Waals surface area contributed by atoms with E-state index in [-0.39, 0.29) is 18.0 Å². The molecule has 0 aromatic heterocycles. The van der Waals surface area contributed by atoms with Crippen LogP contribution in [0.2, 0.25) is 0 Å². The molecule has 0 bridgehead atoms. The molecule has 1 aromatic carbocycles. The number of hydrogen-bond acceptors (Lipinski definition) is 3. The maximum Gasteiger partial charge on any atom is 0.236 e. The second-order valence-corrected chi connectivity index (χ2v) is 5.15. The van der Waals surface area contributed by atoms with Crippen LogP contribution in [0.3, 0.4) is 0 Å². The third-order valence-electron chi connectivity index (χ3n) is 3.50. The Balaban J connectivity index is 1.96. The molecule has 20 heavy (non-hydrogen) atoms. The van der Waals surface area contributed by atoms with Crippen LogP contribution in [-0.4, -0.2) is 42.4 Å². The number of nitriles is 1. The quantitative estimate of drug-likeness (QED) is 0.841. The smallest absolute Gasteiger partial charge is 0.236 e. The summed E-state index contributed by atoms with van der Waals surface area (Å²) in [6.45, 7) is 2.24. The fourth-order valence-corrected chi connectivity index (χ4v) is 2.43. The Morgan fingerprint density at radius 2 is 2.15 bits per heavy atom. The molecule has 1 heterocycles. The van der Waals surface area contributed by atoms with Gasteiger partial charge in [0, 0.05) is 25.2 Å². The van der Waals surface area contributed by atoms with Crippen molar-refractivity contribution in [3.63, 3.8) is 0 Å². The van der Waals surface area contributed by atoms with Gasteiger partial charge in [0.25, 0.3) is 0 Å². The Kier molecular flexibility index (Phi) is 4.70. The van der Waals surface area contributed by atoms with Gasteiger partial charge in [0.15, 0.2) is 0 Å². The van der Waals surface area contributed by atoms with E-state index in [2.05, 4.69) is 0 Å². The van der Waals surface area contributed by atoms with Crippen LogP contribution in [0.15, 0.2) is 18.2 Å². The predicted molar refractivity (Wildman–Crippen MR) is 73.3 cm³/mol. The molecule has 1 aliphatic rings. The molecular formula is C15H18FN3O. The van der Waals surface area contributed by atoms with Gasteiger partial charge in [0.2, 0.25) is 5.91 Å². The first-order valence-corrected chi connectivity index (χ1v) is 6.75. The lowest BCUT2D eigenvalue weighted by Gasteiger charge is -2.21. The minimum atomic E-state index is -0.490. The largest absolute Gasteiger partial charge is 0.342 e. The van der Waals surface area contributed by atoms with E-state index < -0.39 is 5.82 Å². The molecular weight excluding hydrogens is 257 g/mol. The monoisotopic (exact) mass is 275 g/mol. The van der Waals surface area contributed by atoms with Crippen molar-refractivity contribution >= 4 is 5.91 Å². The van der Waals surface area contributed by atoms with E-state index in [1.807, 2.05) is 11.0 Å². The number of rotatable bonds is 4. The van der Waals surface area contributed by atoms with Gasteiger partial charge in [-0.3, -0.25) is 9.69 Å². The van der Waals surface area contributed by atoms with Crippen LogP contribution in [0.5, 0.6) is 0 Å². The van der Waals surface area contributed by atoms with E-state index in [1.54, 1.807) is 24.1 Å². The van der Waals surface area contributed by atoms with E-state index in [0.29, 0.717) is 12.1 Å². The summed E-state index contributed by atoms with van der Waals surface area (Å²) in [5.74, 6) is -0.405. The van der Waals surface area contributed by atoms with E-state index in [4.69, 9.17) is 5.26 Å². The first-order valence-electron chi connectivity index (χ1n) is 6.75. The predicted octanol–water partition coefficient (Wildman–Crippen LogP) is 1.75. The minimum absolute atomic E-state index is 0.0433. The zero-order valence-electron chi connectivity index (χ0n) is 11.6. The number of carbonyl (C=O) groups is 1. The fraction of sp³-hybridized carbons (Fsp3) is 0.467. The minimum Gasteiger partial charge on any atom is -0.342 e. The molecule has 0 aliphatic carbocycles. The number of amides is 1. The Labute approximate surface area is 118 Å². The van der Waals surface area contributed by atoms with Gasteiger partial charge in [-0.25, -0.2) is 4.39 Å². The summed E-state index contributed by atoms with van der Waals surface area (Å²) < 4.78 is 13.9. The summed E-state index contributed by atoms with van der Waals surface area (Å²) in [7, 11) is 1.78. The highest BCUT2D eigenvalue weighted by Gasteiger charge is 2.19. The second kappa shape index (κ2) is 6.49. The number of hydrogen-bond donors (Lipinski definition) is 0. The van der Waals surface area contributed by atoms with Crippen LogP contribution >= 0.6 is 0 Å². The summed E-state index contributed by atoms with van der Waals surface area (Å²) in [6.07, 6.45) is 2.13. The van der Waals surface area contributed by atoms with Crippen molar-refractivity contribution in [2.75, 3.05) is 26.7 Å². The van der Waals surface area contributed by atoms with Gasteiger partial charge < -0.3 is 4.90 Å². The maximum atomic E-state index is 13.9. The van der Waals surface area contributed by atoms with Crippen molar-refractivity contribution in [3.8, 4) is 6.07 Å². The van der Waals surface area contributed by atoms with Crippen LogP contribution in [0.4, 0.5) is 4.39 Å². The van der Waals surface area contributed by atoms with Crippen LogP contribution in [0.25, 0.3) is 0 Å². The molecule has 106 valence electrons. The molecule has 1 saturated heterocycles. The van der Waals surface area contributed by atoms with E-state index in [0.717, 1.165) is 25.9 Å². The van der Waals surface area contributed by atoms with Crippen LogP contribution < -0.4 is 0 Å². The van der Waals surface area contributed by atoms with Crippen LogP contribution in [0.1, 0.15) is 24.0 Å². The molecule has 0 spiro atoms. The summed E-state index contributed by atoms with van der Waals surface area (Å²) in [4.78, 5) is 15.6. The standard InChI is InChI=1S/C15H18FN3O/c1-18(11-14(20)19-7-2-3-8-19)10-13-6-4-5-12(9-17)15(13)16/h4-6H,2-3,7-8,10-11H2,1H3. The highest BCUT2D eigenvalue weighted by atomic mass is 19.1. The molecule has 0 saturated carbocycles. The summed E-state index contributed by atoms with van der Waals surface area (Å²) in [6, 6.07) is 6.58. The molecule has 0 radical (unpaired) electrons. The van der Waals surface area contributed by atoms with Crippen molar-refractivity contribution in [1.82, 2.24) is 9.80 Å². The van der Waals surface area contributed by atoms with E-state index in [9.17, 15) is 9.18 Å². The summed E-state index contributed by atoms with van der Waals surface area (Å²) in [5.41, 5.74) is 0.488. The van der Waals surface area contributed by atoms with Gasteiger partial charge >= 0.3 is 0 Å². The van der Waals surface area contributed by atoms with Gasteiger partial charge in [-0.15, -0.1) is 0 Å². The average Bonchev–Trinajstić information content (AvgIpc) is 2.95. The van der Waals surface area contributed by atoms with Gasteiger partial charge in [0.05, 0.1) is 12.1 Å². The Morgan fingerprint density at radius 1 is 1.45 bits per heavy atom. The molecule has 1 fully saturated rings. The highest BCUT2D eigenvalue weighted by molar-refractivity contribution is 5.78. The zero-order chi connectivity index (χ0) is 14.5. The molecule has 1 aromatic rings. The Bertz CT molecular complexity index is 532. The van der Waals surface area contributed by atoms with Crippen molar-refractivity contribution in [3.05, 3.63) is 35.1 Å². The molecule has 0 atom stereocenters. The highest BCUT2D eigenvalue weighted by Crippen LogP contribution is 2.14. The lowest BCUT2D eigenvalue weighted by atomic mass is 10.1. The van der Waals surface area contributed by atoms with Crippen molar-refractivity contribution in [1.29, 1.82) is 5.26 Å². The molecule has 0 unspecified atom stereocenters. The van der Waals surface area contributed by atoms with E-state index >= 15 is 0 Å². The number of likely N-dealkylation sites (tertiary alicyclic amines) is 1. The topological polar surface area (TPSA) is 47.3 Å². The number of benzene rings is 1. The first-order chi connectivity index (χ1) is 9.61. The summed E-state index contributed by atoms with van der Waals surface area (Å²) >= 11 is 0. The maximum absolute atomic E-state index is 13.9. The molecule has 5 heteroatoms. The van der Waals surface area contributed by atoms with E-state index in [1.165, 1.54) is 6.07 Å². The normalized spacial score (nSPS) is 14.6. The number of carbonyl (C=O) groups excluding carboxylic acids is 1. The lowest BCUT2D eigenvalue weighted by molar-refractivity contribution is -0.131. The van der Waals surface area contributed by atoms with Gasteiger partial charge in [-0.2, -0.15) is 5.26 Å².